The van der Waals surface area contributed by atoms with Crippen LogP contribution in [0.3, 0.4) is 0 Å². The molecule has 2 saturated heterocycles. The summed E-state index contributed by atoms with van der Waals surface area (Å²) in [6.07, 6.45) is 6.88. The minimum atomic E-state index is -0.0485. The zero-order valence-electron chi connectivity index (χ0n) is 15.4. The molecule has 1 atom stereocenters. The molecular weight excluding hydrogens is 346 g/mol. The SMILES string of the molecule is O=C(c1cccs1)[C@H]1CCCN(C(=O)NCC2(CN3CCCC3)CC2)C1. The normalized spacial score (nSPS) is 25.2. The van der Waals surface area contributed by atoms with E-state index in [0.29, 0.717) is 12.0 Å². The van der Waals surface area contributed by atoms with E-state index < -0.39 is 0 Å². The minimum Gasteiger partial charge on any atom is -0.337 e. The van der Waals surface area contributed by atoms with E-state index in [1.54, 1.807) is 0 Å². The first-order valence-corrected chi connectivity index (χ1v) is 10.9. The first-order valence-electron chi connectivity index (χ1n) is 9.98. The van der Waals surface area contributed by atoms with Crippen molar-refractivity contribution >= 4 is 23.2 Å². The highest BCUT2D eigenvalue weighted by molar-refractivity contribution is 7.12. The Morgan fingerprint density at radius 2 is 2.00 bits per heavy atom. The molecule has 3 fully saturated rings. The van der Waals surface area contributed by atoms with Crippen LogP contribution in [0.2, 0.25) is 0 Å². The topological polar surface area (TPSA) is 52.7 Å². The van der Waals surface area contributed by atoms with Gasteiger partial charge in [0.2, 0.25) is 0 Å². The summed E-state index contributed by atoms with van der Waals surface area (Å²) >= 11 is 1.50. The monoisotopic (exact) mass is 375 g/mol. The highest BCUT2D eigenvalue weighted by Crippen LogP contribution is 2.46. The smallest absolute Gasteiger partial charge is 0.317 e. The third-order valence-corrected chi connectivity index (χ3v) is 7.06. The summed E-state index contributed by atoms with van der Waals surface area (Å²) in [4.78, 5) is 30.5. The first-order chi connectivity index (χ1) is 12.7. The summed E-state index contributed by atoms with van der Waals surface area (Å²) in [6, 6.07) is 3.82. The summed E-state index contributed by atoms with van der Waals surface area (Å²) in [5.74, 6) is 0.151. The number of rotatable bonds is 6. The lowest BCUT2D eigenvalue weighted by atomic mass is 9.93. The largest absolute Gasteiger partial charge is 0.337 e. The summed E-state index contributed by atoms with van der Waals surface area (Å²) in [7, 11) is 0. The van der Waals surface area contributed by atoms with E-state index in [4.69, 9.17) is 0 Å². The zero-order chi connectivity index (χ0) is 18.0. The van der Waals surface area contributed by atoms with E-state index in [2.05, 4.69) is 10.2 Å². The van der Waals surface area contributed by atoms with E-state index in [1.807, 2.05) is 22.4 Å². The van der Waals surface area contributed by atoms with Gasteiger partial charge in [0.25, 0.3) is 0 Å². The molecule has 0 bridgehead atoms. The number of nitrogens with zero attached hydrogens (tertiary/aromatic N) is 2. The number of amides is 2. The molecule has 142 valence electrons. The van der Waals surface area contributed by atoms with E-state index in [0.717, 1.165) is 37.4 Å². The molecule has 1 aromatic heterocycles. The molecule has 1 saturated carbocycles. The van der Waals surface area contributed by atoms with Crippen molar-refractivity contribution in [3.05, 3.63) is 22.4 Å². The number of Topliss-reactive ketones (excluding diaryl/α,β-unsaturated/α-hetero) is 1. The summed E-state index contributed by atoms with van der Waals surface area (Å²) in [5, 5.41) is 5.12. The number of nitrogens with one attached hydrogen (secondary N) is 1. The molecule has 1 aromatic rings. The summed E-state index contributed by atoms with van der Waals surface area (Å²) < 4.78 is 0. The second-order valence-electron chi connectivity index (χ2n) is 8.27. The number of piperidine rings is 1. The van der Waals surface area contributed by atoms with Crippen molar-refractivity contribution in [1.29, 1.82) is 0 Å². The number of thiophene rings is 1. The maximum absolute atomic E-state index is 12.7. The van der Waals surface area contributed by atoms with E-state index in [9.17, 15) is 9.59 Å². The summed E-state index contributed by atoms with van der Waals surface area (Å²) in [6.45, 7) is 5.67. The van der Waals surface area contributed by atoms with E-state index in [-0.39, 0.29) is 17.7 Å². The van der Waals surface area contributed by atoms with Gasteiger partial charge in [-0.3, -0.25) is 4.79 Å². The molecule has 0 unspecified atom stereocenters. The molecule has 0 aromatic carbocycles. The molecule has 26 heavy (non-hydrogen) atoms. The Balaban J connectivity index is 1.27. The Morgan fingerprint density at radius 3 is 2.69 bits per heavy atom. The lowest BCUT2D eigenvalue weighted by Gasteiger charge is -2.32. The molecule has 1 N–H and O–H groups in total. The average Bonchev–Trinajstić information content (AvgIpc) is 3.08. The van der Waals surface area contributed by atoms with Crippen molar-refractivity contribution in [2.24, 2.45) is 11.3 Å². The fraction of sp³-hybridized carbons (Fsp3) is 0.700. The predicted octanol–water partition coefficient (Wildman–Crippen LogP) is 3.23. The van der Waals surface area contributed by atoms with Crippen molar-refractivity contribution in [1.82, 2.24) is 15.1 Å². The van der Waals surface area contributed by atoms with Crippen LogP contribution in [0.25, 0.3) is 0 Å². The van der Waals surface area contributed by atoms with Gasteiger partial charge >= 0.3 is 6.03 Å². The number of hydrogen-bond acceptors (Lipinski definition) is 4. The van der Waals surface area contributed by atoms with Crippen LogP contribution in [0.1, 0.15) is 48.2 Å². The van der Waals surface area contributed by atoms with E-state index in [1.165, 1.54) is 50.1 Å². The lowest BCUT2D eigenvalue weighted by molar-refractivity contribution is 0.0849. The fourth-order valence-electron chi connectivity index (χ4n) is 4.35. The van der Waals surface area contributed by atoms with Gasteiger partial charge in [0.05, 0.1) is 4.88 Å². The number of carbonyl (C=O) groups excluding carboxylic acids is 2. The molecule has 2 aliphatic heterocycles. The quantitative estimate of drug-likeness (QED) is 0.777. The fourth-order valence-corrected chi connectivity index (χ4v) is 5.10. The average molecular weight is 376 g/mol. The van der Waals surface area contributed by atoms with Crippen LogP contribution in [-0.2, 0) is 0 Å². The van der Waals surface area contributed by atoms with Gasteiger partial charge in [-0.2, -0.15) is 0 Å². The van der Waals surface area contributed by atoms with Gasteiger partial charge in [0.1, 0.15) is 0 Å². The Morgan fingerprint density at radius 1 is 1.19 bits per heavy atom. The van der Waals surface area contributed by atoms with Crippen LogP contribution in [0.4, 0.5) is 4.79 Å². The highest BCUT2D eigenvalue weighted by Gasteiger charge is 2.44. The number of urea groups is 1. The Labute approximate surface area is 159 Å². The van der Waals surface area contributed by atoms with Gasteiger partial charge in [-0.05, 0) is 63.1 Å². The maximum Gasteiger partial charge on any atom is 0.317 e. The van der Waals surface area contributed by atoms with Crippen molar-refractivity contribution < 1.29 is 9.59 Å². The molecule has 1 aliphatic carbocycles. The third-order valence-electron chi connectivity index (χ3n) is 6.17. The molecule has 3 heterocycles. The van der Waals surface area contributed by atoms with Gasteiger partial charge in [0.15, 0.2) is 5.78 Å². The Kier molecular flexibility index (Phi) is 5.32. The Bertz CT molecular complexity index is 635. The van der Waals surface area contributed by atoms with Crippen LogP contribution < -0.4 is 5.32 Å². The predicted molar refractivity (Wildman–Crippen MR) is 104 cm³/mol. The number of likely N-dealkylation sites (tertiary alicyclic amines) is 2. The van der Waals surface area contributed by atoms with Crippen LogP contribution in [0.15, 0.2) is 17.5 Å². The molecule has 4 rings (SSSR count). The second kappa shape index (κ2) is 7.69. The molecule has 5 nitrogen and oxygen atoms in total. The van der Waals surface area contributed by atoms with Crippen molar-refractivity contribution in [2.75, 3.05) is 39.3 Å². The summed E-state index contributed by atoms with van der Waals surface area (Å²) in [5.41, 5.74) is 0.308. The first kappa shape index (κ1) is 18.0. The second-order valence-corrected chi connectivity index (χ2v) is 9.22. The number of ketones is 1. The van der Waals surface area contributed by atoms with Gasteiger partial charge in [-0.1, -0.05) is 6.07 Å². The molecule has 6 heteroatoms. The molecule has 2 amide bonds. The maximum atomic E-state index is 12.7. The lowest BCUT2D eigenvalue weighted by Crippen LogP contribution is -2.48. The minimum absolute atomic E-state index is 0.0152. The zero-order valence-corrected chi connectivity index (χ0v) is 16.2. The highest BCUT2D eigenvalue weighted by atomic mass is 32.1. The van der Waals surface area contributed by atoms with E-state index >= 15 is 0 Å². The van der Waals surface area contributed by atoms with Gasteiger partial charge in [-0.15, -0.1) is 11.3 Å². The van der Waals surface area contributed by atoms with Crippen LogP contribution in [0.5, 0.6) is 0 Å². The number of carbonyl (C=O) groups is 2. The third kappa shape index (κ3) is 4.12. The standard InChI is InChI=1S/C20H29N3O2S/c24-18(17-6-4-12-26-17)16-5-3-11-23(13-16)19(25)21-14-20(7-8-20)15-22-9-1-2-10-22/h4,6,12,16H,1-3,5,7-11,13-15H2,(H,21,25)/t16-/m0/s1. The van der Waals surface area contributed by atoms with Crippen LogP contribution in [-0.4, -0.2) is 60.9 Å². The molecular formula is C20H29N3O2S. The van der Waals surface area contributed by atoms with Crippen molar-refractivity contribution in [3.63, 3.8) is 0 Å². The van der Waals surface area contributed by atoms with Crippen molar-refractivity contribution in [2.45, 2.75) is 38.5 Å². The molecule has 0 radical (unpaired) electrons. The van der Waals surface area contributed by atoms with Gasteiger partial charge in [-0.25, -0.2) is 4.79 Å². The Hall–Kier alpha value is -1.40. The molecule has 0 spiro atoms. The van der Waals surface area contributed by atoms with Crippen LogP contribution >= 0.6 is 11.3 Å². The van der Waals surface area contributed by atoms with Crippen molar-refractivity contribution in [3.8, 4) is 0 Å². The van der Waals surface area contributed by atoms with Gasteiger partial charge < -0.3 is 15.1 Å². The van der Waals surface area contributed by atoms with Gasteiger partial charge in [0, 0.05) is 37.5 Å². The number of hydrogen-bond donors (Lipinski definition) is 1. The van der Waals surface area contributed by atoms with Crippen LogP contribution in [0, 0.1) is 11.3 Å². The molecule has 3 aliphatic rings.